The van der Waals surface area contributed by atoms with E-state index >= 15 is 0 Å². The summed E-state index contributed by atoms with van der Waals surface area (Å²) in [6, 6.07) is 7.10. The summed E-state index contributed by atoms with van der Waals surface area (Å²) >= 11 is 1.41. The van der Waals surface area contributed by atoms with Gasteiger partial charge >= 0.3 is 0 Å². The van der Waals surface area contributed by atoms with Crippen LogP contribution < -0.4 is 0 Å². The van der Waals surface area contributed by atoms with Gasteiger partial charge in [-0.25, -0.2) is 0 Å². The SMILES string of the molecule is CCn1c(SCC(=O)N2C[C@@H](C)C[C@H](C)C2)nnc1-c1ccccc1O. The van der Waals surface area contributed by atoms with Gasteiger partial charge in [0.2, 0.25) is 5.91 Å². The molecule has 1 aliphatic rings. The minimum Gasteiger partial charge on any atom is -0.507 e. The summed E-state index contributed by atoms with van der Waals surface area (Å²) in [7, 11) is 0. The molecule has 0 bridgehead atoms. The number of carbonyl (C=O) groups is 1. The topological polar surface area (TPSA) is 71.2 Å². The molecule has 0 unspecified atom stereocenters. The highest BCUT2D eigenvalue weighted by molar-refractivity contribution is 7.99. The molecule has 1 N–H and O–H groups in total. The number of nitrogens with zero attached hydrogens (tertiary/aromatic N) is 4. The van der Waals surface area contributed by atoms with Gasteiger partial charge in [-0.3, -0.25) is 4.79 Å². The van der Waals surface area contributed by atoms with E-state index in [-0.39, 0.29) is 11.7 Å². The number of aromatic nitrogens is 3. The average Bonchev–Trinajstić information content (AvgIpc) is 3.01. The Hall–Kier alpha value is -2.02. The van der Waals surface area contributed by atoms with Gasteiger partial charge in [0.1, 0.15) is 5.75 Å². The van der Waals surface area contributed by atoms with Crippen molar-refractivity contribution >= 4 is 17.7 Å². The highest BCUT2D eigenvalue weighted by atomic mass is 32.2. The Morgan fingerprint density at radius 1 is 1.23 bits per heavy atom. The number of likely N-dealkylation sites (tertiary alicyclic amines) is 1. The first-order valence-corrected chi connectivity index (χ1v) is 10.1. The molecule has 26 heavy (non-hydrogen) atoms. The highest BCUT2D eigenvalue weighted by Crippen LogP contribution is 2.30. The molecule has 1 aliphatic heterocycles. The molecule has 6 nitrogen and oxygen atoms in total. The fourth-order valence-corrected chi connectivity index (χ4v) is 4.53. The molecular weight excluding hydrogens is 348 g/mol. The molecule has 0 radical (unpaired) electrons. The second-order valence-corrected chi connectivity index (χ2v) is 8.04. The number of piperidine rings is 1. The first-order chi connectivity index (χ1) is 12.5. The lowest BCUT2D eigenvalue weighted by Gasteiger charge is -2.34. The number of para-hydroxylation sites is 1. The third-order valence-corrected chi connectivity index (χ3v) is 5.68. The van der Waals surface area contributed by atoms with Gasteiger partial charge in [-0.05, 0) is 37.3 Å². The zero-order chi connectivity index (χ0) is 18.7. The van der Waals surface area contributed by atoms with Crippen LogP contribution in [0, 0.1) is 11.8 Å². The van der Waals surface area contributed by atoms with E-state index < -0.39 is 0 Å². The molecule has 2 atom stereocenters. The fourth-order valence-electron chi connectivity index (χ4n) is 3.63. The van der Waals surface area contributed by atoms with Crippen molar-refractivity contribution in [2.45, 2.75) is 38.9 Å². The van der Waals surface area contributed by atoms with E-state index in [1.54, 1.807) is 12.1 Å². The maximum Gasteiger partial charge on any atom is 0.233 e. The summed E-state index contributed by atoms with van der Waals surface area (Å²) in [6.45, 7) is 8.77. The molecule has 0 aliphatic carbocycles. The molecule has 1 amide bonds. The van der Waals surface area contributed by atoms with Gasteiger partial charge in [0.05, 0.1) is 11.3 Å². The molecule has 0 spiro atoms. The molecule has 140 valence electrons. The van der Waals surface area contributed by atoms with E-state index in [9.17, 15) is 9.90 Å². The maximum atomic E-state index is 12.6. The highest BCUT2D eigenvalue weighted by Gasteiger charge is 2.26. The second-order valence-electron chi connectivity index (χ2n) is 7.10. The zero-order valence-electron chi connectivity index (χ0n) is 15.6. The summed E-state index contributed by atoms with van der Waals surface area (Å²) < 4.78 is 1.94. The Labute approximate surface area is 158 Å². The quantitative estimate of drug-likeness (QED) is 0.814. The van der Waals surface area contributed by atoms with Crippen LogP contribution in [0.3, 0.4) is 0 Å². The molecule has 7 heteroatoms. The van der Waals surface area contributed by atoms with E-state index in [1.807, 2.05) is 28.5 Å². The number of rotatable bonds is 5. The van der Waals surface area contributed by atoms with Crippen molar-refractivity contribution in [1.29, 1.82) is 0 Å². The van der Waals surface area contributed by atoms with Crippen molar-refractivity contribution < 1.29 is 9.90 Å². The Morgan fingerprint density at radius 2 is 1.92 bits per heavy atom. The van der Waals surface area contributed by atoms with Crippen LogP contribution in [-0.4, -0.2) is 49.5 Å². The number of hydrogen-bond acceptors (Lipinski definition) is 5. The number of phenolic OH excluding ortho intramolecular Hbond substituents is 1. The molecular formula is C19H26N4O2S. The van der Waals surface area contributed by atoms with Crippen molar-refractivity contribution in [3.63, 3.8) is 0 Å². The predicted octanol–water partition coefficient (Wildman–Crippen LogP) is 3.27. The molecule has 1 aromatic heterocycles. The minimum atomic E-state index is 0.156. The molecule has 0 saturated carbocycles. The first-order valence-electron chi connectivity index (χ1n) is 9.11. The third kappa shape index (κ3) is 4.03. The second kappa shape index (κ2) is 8.12. The van der Waals surface area contributed by atoms with Crippen LogP contribution in [0.1, 0.15) is 27.2 Å². The summed E-state index contributed by atoms with van der Waals surface area (Å²) in [6.07, 6.45) is 1.19. The van der Waals surface area contributed by atoms with Gasteiger partial charge in [0, 0.05) is 19.6 Å². The number of aromatic hydroxyl groups is 1. The molecule has 2 heterocycles. The van der Waals surface area contributed by atoms with Crippen molar-refractivity contribution in [3.8, 4) is 17.1 Å². The van der Waals surface area contributed by atoms with Crippen LogP contribution in [0.2, 0.25) is 0 Å². The Morgan fingerprint density at radius 3 is 2.58 bits per heavy atom. The van der Waals surface area contributed by atoms with E-state index in [2.05, 4.69) is 24.0 Å². The Balaban J connectivity index is 1.71. The van der Waals surface area contributed by atoms with Crippen molar-refractivity contribution in [1.82, 2.24) is 19.7 Å². The monoisotopic (exact) mass is 374 g/mol. The van der Waals surface area contributed by atoms with E-state index in [0.717, 1.165) is 13.1 Å². The molecule has 3 rings (SSSR count). The van der Waals surface area contributed by atoms with Crippen LogP contribution in [0.5, 0.6) is 5.75 Å². The number of benzene rings is 1. The van der Waals surface area contributed by atoms with Gasteiger partial charge in [-0.1, -0.05) is 37.7 Å². The van der Waals surface area contributed by atoms with Crippen LogP contribution >= 0.6 is 11.8 Å². The number of amides is 1. The number of hydrogen-bond donors (Lipinski definition) is 1. The normalized spacial score (nSPS) is 20.3. The standard InChI is InChI=1S/C19H26N4O2S/c1-4-23-18(15-7-5-6-8-16(15)24)20-21-19(23)26-12-17(25)22-10-13(2)9-14(3)11-22/h5-8,13-14,24H,4,9-12H2,1-3H3/t13-,14-/m0/s1. The Bertz CT molecular complexity index is 767. The largest absolute Gasteiger partial charge is 0.507 e. The van der Waals surface area contributed by atoms with Crippen LogP contribution in [0.15, 0.2) is 29.4 Å². The van der Waals surface area contributed by atoms with E-state index in [4.69, 9.17) is 0 Å². The lowest BCUT2D eigenvalue weighted by atomic mass is 9.92. The van der Waals surface area contributed by atoms with Gasteiger partial charge in [-0.2, -0.15) is 0 Å². The minimum absolute atomic E-state index is 0.156. The van der Waals surface area contributed by atoms with Gasteiger partial charge in [0.15, 0.2) is 11.0 Å². The lowest BCUT2D eigenvalue weighted by Crippen LogP contribution is -2.43. The average molecular weight is 375 g/mol. The molecule has 2 aromatic rings. The van der Waals surface area contributed by atoms with E-state index in [1.165, 1.54) is 18.2 Å². The van der Waals surface area contributed by atoms with Crippen molar-refractivity contribution in [2.24, 2.45) is 11.8 Å². The zero-order valence-corrected chi connectivity index (χ0v) is 16.4. The smallest absolute Gasteiger partial charge is 0.233 e. The van der Waals surface area contributed by atoms with E-state index in [0.29, 0.717) is 40.7 Å². The molecule has 1 fully saturated rings. The summed E-state index contributed by atoms with van der Waals surface area (Å²) in [5.74, 6) is 2.43. The third-order valence-electron chi connectivity index (χ3n) is 4.72. The van der Waals surface area contributed by atoms with Gasteiger partial charge in [0.25, 0.3) is 0 Å². The van der Waals surface area contributed by atoms with Crippen LogP contribution in [0.25, 0.3) is 11.4 Å². The van der Waals surface area contributed by atoms with Crippen LogP contribution in [0.4, 0.5) is 0 Å². The lowest BCUT2D eigenvalue weighted by molar-refractivity contribution is -0.130. The maximum absolute atomic E-state index is 12.6. The van der Waals surface area contributed by atoms with Crippen LogP contribution in [-0.2, 0) is 11.3 Å². The molecule has 1 aromatic carbocycles. The van der Waals surface area contributed by atoms with Gasteiger partial charge < -0.3 is 14.6 Å². The summed E-state index contributed by atoms with van der Waals surface area (Å²) in [4.78, 5) is 14.6. The summed E-state index contributed by atoms with van der Waals surface area (Å²) in [5.41, 5.74) is 0.652. The predicted molar refractivity (Wildman–Crippen MR) is 103 cm³/mol. The van der Waals surface area contributed by atoms with Crippen molar-refractivity contribution in [2.75, 3.05) is 18.8 Å². The fraction of sp³-hybridized carbons (Fsp3) is 0.526. The van der Waals surface area contributed by atoms with Crippen molar-refractivity contribution in [3.05, 3.63) is 24.3 Å². The molecule has 1 saturated heterocycles. The first kappa shape index (κ1) is 18.8. The summed E-state index contributed by atoms with van der Waals surface area (Å²) in [5, 5.41) is 19.3. The number of carbonyl (C=O) groups excluding carboxylic acids is 1. The van der Waals surface area contributed by atoms with Gasteiger partial charge in [-0.15, -0.1) is 10.2 Å². The Kier molecular flexibility index (Phi) is 5.86. The number of thioether (sulfide) groups is 1. The number of phenols is 1.